The second-order valence-electron chi connectivity index (χ2n) is 9.27. The first-order valence-corrected chi connectivity index (χ1v) is 9.96. The molecule has 2 saturated heterocycles. The van der Waals surface area contributed by atoms with Gasteiger partial charge in [0, 0.05) is 43.7 Å². The number of piperidine rings is 2. The van der Waals surface area contributed by atoms with Crippen LogP contribution < -0.4 is 0 Å². The molecule has 5 heteroatoms. The number of hydrogen-bond acceptors (Lipinski definition) is 3. The lowest BCUT2D eigenvalue weighted by molar-refractivity contribution is -0.0964. The van der Waals surface area contributed by atoms with Crippen molar-refractivity contribution in [2.75, 3.05) is 0 Å². The molecule has 2 bridgehead atoms. The average molecular weight is 370 g/mol. The molecule has 5 nitrogen and oxygen atoms in total. The van der Waals surface area contributed by atoms with E-state index in [0.29, 0.717) is 12.8 Å². The number of aromatic nitrogens is 1. The van der Waals surface area contributed by atoms with E-state index in [1.165, 1.54) is 0 Å². The van der Waals surface area contributed by atoms with Crippen molar-refractivity contribution in [2.24, 2.45) is 7.05 Å². The van der Waals surface area contributed by atoms with Gasteiger partial charge in [-0.3, -0.25) is 0 Å². The Hall–Kier alpha value is -2.01. The summed E-state index contributed by atoms with van der Waals surface area (Å²) in [5, 5.41) is 12.7. The van der Waals surface area contributed by atoms with Gasteiger partial charge >= 0.3 is 6.09 Å². The van der Waals surface area contributed by atoms with Crippen molar-refractivity contribution < 1.29 is 14.6 Å². The van der Waals surface area contributed by atoms with E-state index >= 15 is 0 Å². The number of rotatable bonds is 1. The molecule has 1 aromatic heterocycles. The Bertz CT molecular complexity index is 850. The summed E-state index contributed by atoms with van der Waals surface area (Å²) in [5.74, 6) is 0. The fourth-order valence-electron chi connectivity index (χ4n) is 4.85. The van der Waals surface area contributed by atoms with E-state index in [1.54, 1.807) is 0 Å². The van der Waals surface area contributed by atoms with Crippen LogP contribution in [0.1, 0.15) is 58.4 Å². The summed E-state index contributed by atoms with van der Waals surface area (Å²) >= 11 is 0. The molecule has 146 valence electrons. The summed E-state index contributed by atoms with van der Waals surface area (Å²) in [6, 6.07) is 8.38. The van der Waals surface area contributed by atoms with Gasteiger partial charge in [-0.15, -0.1) is 0 Å². The minimum absolute atomic E-state index is 0.0313. The molecule has 0 saturated carbocycles. The fraction of sp³-hybridized carbons (Fsp3) is 0.591. The van der Waals surface area contributed by atoms with Crippen molar-refractivity contribution in [2.45, 2.75) is 76.2 Å². The van der Waals surface area contributed by atoms with Crippen molar-refractivity contribution in [3.8, 4) is 0 Å². The lowest BCUT2D eigenvalue weighted by atomic mass is 9.72. The maximum Gasteiger partial charge on any atom is 0.410 e. The van der Waals surface area contributed by atoms with Crippen LogP contribution in [0.2, 0.25) is 0 Å². The number of aryl methyl sites for hydroxylation is 1. The normalized spacial score (nSPS) is 28.4. The first-order chi connectivity index (χ1) is 12.7. The van der Waals surface area contributed by atoms with Crippen molar-refractivity contribution >= 4 is 17.0 Å². The predicted molar refractivity (Wildman–Crippen MR) is 106 cm³/mol. The third-order valence-electron chi connectivity index (χ3n) is 6.03. The Balaban J connectivity index is 1.62. The van der Waals surface area contributed by atoms with Crippen LogP contribution in [0.4, 0.5) is 4.79 Å². The molecule has 2 atom stereocenters. The second-order valence-corrected chi connectivity index (χ2v) is 9.27. The lowest BCUT2D eigenvalue weighted by Crippen LogP contribution is -2.59. The molecule has 2 aromatic rings. The minimum Gasteiger partial charge on any atom is -0.444 e. The van der Waals surface area contributed by atoms with Crippen LogP contribution >= 0.6 is 0 Å². The van der Waals surface area contributed by atoms with Gasteiger partial charge in [0.1, 0.15) is 5.60 Å². The quantitative estimate of drug-likeness (QED) is 0.813. The molecule has 1 aromatic carbocycles. The number of benzene rings is 1. The van der Waals surface area contributed by atoms with Crippen LogP contribution in [0.15, 0.2) is 30.5 Å². The predicted octanol–water partition coefficient (Wildman–Crippen LogP) is 4.32. The molecule has 3 heterocycles. The number of carbonyl (C=O) groups excluding carboxylic acids is 1. The third kappa shape index (κ3) is 3.33. The van der Waals surface area contributed by atoms with Gasteiger partial charge < -0.3 is 19.3 Å². The average Bonchev–Trinajstić information content (AvgIpc) is 2.93. The van der Waals surface area contributed by atoms with E-state index < -0.39 is 11.2 Å². The second kappa shape index (κ2) is 6.26. The molecular formula is C22H30N2O3. The minimum atomic E-state index is -0.891. The van der Waals surface area contributed by atoms with E-state index in [2.05, 4.69) is 22.8 Å². The summed E-state index contributed by atoms with van der Waals surface area (Å²) in [5.41, 5.74) is 0.728. The largest absolute Gasteiger partial charge is 0.444 e. The molecule has 27 heavy (non-hydrogen) atoms. The standard InChI is InChI=1S/C22H30N2O3/c1-21(2,3)27-20(25)24-17-6-5-7-18(24)14-22(26,13-17)16-8-9-19-15(12-16)10-11-23(19)4/h8-12,17-18,26H,5-7,13-14H2,1-4H3. The van der Waals surface area contributed by atoms with Gasteiger partial charge in [0.05, 0.1) is 5.60 Å². The van der Waals surface area contributed by atoms with E-state index in [-0.39, 0.29) is 18.2 Å². The van der Waals surface area contributed by atoms with Gasteiger partial charge in [0.25, 0.3) is 0 Å². The molecule has 0 radical (unpaired) electrons. The highest BCUT2D eigenvalue weighted by molar-refractivity contribution is 5.81. The Morgan fingerprint density at radius 2 is 1.85 bits per heavy atom. The van der Waals surface area contributed by atoms with Gasteiger partial charge in [-0.1, -0.05) is 6.07 Å². The van der Waals surface area contributed by atoms with Crippen molar-refractivity contribution in [1.29, 1.82) is 0 Å². The van der Waals surface area contributed by atoms with Gasteiger partial charge in [0.2, 0.25) is 0 Å². The van der Waals surface area contributed by atoms with Gasteiger partial charge in [0.15, 0.2) is 0 Å². The number of amides is 1. The highest BCUT2D eigenvalue weighted by Gasteiger charge is 2.49. The summed E-state index contributed by atoms with van der Waals surface area (Å²) in [7, 11) is 2.03. The molecule has 0 aliphatic carbocycles. The summed E-state index contributed by atoms with van der Waals surface area (Å²) in [4.78, 5) is 14.7. The number of nitrogens with zero attached hydrogens (tertiary/aromatic N) is 2. The summed E-state index contributed by atoms with van der Waals surface area (Å²) in [6.45, 7) is 5.70. The Morgan fingerprint density at radius 1 is 1.19 bits per heavy atom. The summed E-state index contributed by atoms with van der Waals surface area (Å²) < 4.78 is 7.74. The number of aliphatic hydroxyl groups is 1. The Morgan fingerprint density at radius 3 is 2.48 bits per heavy atom. The molecule has 2 aliphatic rings. The van der Waals surface area contributed by atoms with Crippen LogP contribution in [0.3, 0.4) is 0 Å². The Kier molecular flexibility index (Phi) is 4.26. The van der Waals surface area contributed by atoms with Crippen LogP contribution in [0.25, 0.3) is 10.9 Å². The van der Waals surface area contributed by atoms with E-state index in [1.807, 2.05) is 45.0 Å². The number of fused-ring (bicyclic) bond motifs is 3. The molecule has 1 N–H and O–H groups in total. The van der Waals surface area contributed by atoms with E-state index in [4.69, 9.17) is 4.74 Å². The third-order valence-corrected chi connectivity index (χ3v) is 6.03. The molecule has 2 unspecified atom stereocenters. The number of hydrogen-bond donors (Lipinski definition) is 1. The zero-order valence-corrected chi connectivity index (χ0v) is 16.7. The maximum absolute atomic E-state index is 12.8. The topological polar surface area (TPSA) is 54.7 Å². The lowest BCUT2D eigenvalue weighted by Gasteiger charge is -2.51. The van der Waals surface area contributed by atoms with Crippen LogP contribution in [0.5, 0.6) is 0 Å². The smallest absolute Gasteiger partial charge is 0.410 e. The van der Waals surface area contributed by atoms with Gasteiger partial charge in [-0.2, -0.15) is 0 Å². The van der Waals surface area contributed by atoms with Crippen LogP contribution in [-0.4, -0.2) is 38.4 Å². The highest BCUT2D eigenvalue weighted by atomic mass is 16.6. The number of ether oxygens (including phenoxy) is 1. The fourth-order valence-corrected chi connectivity index (χ4v) is 4.85. The number of carbonyl (C=O) groups is 1. The van der Waals surface area contributed by atoms with Gasteiger partial charge in [-0.25, -0.2) is 4.79 Å². The highest BCUT2D eigenvalue weighted by Crippen LogP contribution is 2.45. The first-order valence-electron chi connectivity index (χ1n) is 9.96. The molecule has 4 rings (SSSR count). The molecule has 2 fully saturated rings. The molecular weight excluding hydrogens is 340 g/mol. The monoisotopic (exact) mass is 370 g/mol. The van der Waals surface area contributed by atoms with E-state index in [9.17, 15) is 9.90 Å². The van der Waals surface area contributed by atoms with E-state index in [0.717, 1.165) is 35.7 Å². The first kappa shape index (κ1) is 18.4. The van der Waals surface area contributed by atoms with Gasteiger partial charge in [-0.05, 0) is 69.2 Å². The van der Waals surface area contributed by atoms with Crippen LogP contribution in [0, 0.1) is 0 Å². The summed E-state index contributed by atoms with van der Waals surface area (Å²) in [6.07, 6.45) is 5.89. The SMILES string of the molecule is Cn1ccc2cc(C3(O)CC4CCCC(C3)N4C(=O)OC(C)(C)C)ccc21. The van der Waals surface area contributed by atoms with Crippen LogP contribution in [-0.2, 0) is 17.4 Å². The molecule has 1 amide bonds. The van der Waals surface area contributed by atoms with Crippen molar-refractivity contribution in [1.82, 2.24) is 9.47 Å². The van der Waals surface area contributed by atoms with Crippen molar-refractivity contribution in [3.63, 3.8) is 0 Å². The molecule has 2 aliphatic heterocycles. The maximum atomic E-state index is 12.8. The zero-order chi connectivity index (χ0) is 19.4. The Labute approximate surface area is 160 Å². The zero-order valence-electron chi connectivity index (χ0n) is 16.7. The molecule has 0 spiro atoms. The van der Waals surface area contributed by atoms with Crippen molar-refractivity contribution in [3.05, 3.63) is 36.0 Å².